The molecule has 0 unspecified atom stereocenters. The van der Waals surface area contributed by atoms with E-state index in [4.69, 9.17) is 0 Å². The van der Waals surface area contributed by atoms with Crippen LogP contribution < -0.4 is 5.32 Å². The van der Waals surface area contributed by atoms with Gasteiger partial charge in [0.1, 0.15) is 0 Å². The highest BCUT2D eigenvalue weighted by molar-refractivity contribution is 5.96. The Morgan fingerprint density at radius 3 is 2.40 bits per heavy atom. The molecule has 0 aromatic heterocycles. The van der Waals surface area contributed by atoms with Gasteiger partial charge in [-0.2, -0.15) is 0 Å². The van der Waals surface area contributed by atoms with Crippen molar-refractivity contribution in [2.75, 3.05) is 19.4 Å². The van der Waals surface area contributed by atoms with Crippen LogP contribution in [0.4, 0.5) is 5.69 Å². The maximum absolute atomic E-state index is 12.7. The van der Waals surface area contributed by atoms with Crippen LogP contribution in [0.3, 0.4) is 0 Å². The van der Waals surface area contributed by atoms with Gasteiger partial charge in [0.15, 0.2) is 0 Å². The van der Waals surface area contributed by atoms with Gasteiger partial charge in [-0.05, 0) is 43.5 Å². The number of nitrogens with zero attached hydrogens (tertiary/aromatic N) is 1. The minimum Gasteiger partial charge on any atom is -0.388 e. The summed E-state index contributed by atoms with van der Waals surface area (Å²) >= 11 is 0. The van der Waals surface area contributed by atoms with E-state index < -0.39 is 0 Å². The third-order valence-electron chi connectivity index (χ3n) is 4.44. The zero-order valence-corrected chi connectivity index (χ0v) is 12.9. The Labute approximate surface area is 122 Å². The van der Waals surface area contributed by atoms with Crippen LogP contribution in [-0.2, 0) is 0 Å². The van der Waals surface area contributed by atoms with E-state index in [9.17, 15) is 4.79 Å². The summed E-state index contributed by atoms with van der Waals surface area (Å²) in [5.41, 5.74) is 2.93. The molecule has 3 heteroatoms. The van der Waals surface area contributed by atoms with Gasteiger partial charge in [-0.25, -0.2) is 0 Å². The van der Waals surface area contributed by atoms with E-state index in [1.807, 2.05) is 44.1 Å². The largest absolute Gasteiger partial charge is 0.388 e. The predicted molar refractivity (Wildman–Crippen MR) is 84.3 cm³/mol. The lowest BCUT2D eigenvalue weighted by atomic mass is 10.0. The van der Waals surface area contributed by atoms with Gasteiger partial charge < -0.3 is 10.2 Å². The second-order valence-corrected chi connectivity index (χ2v) is 5.84. The maximum atomic E-state index is 12.7. The highest BCUT2D eigenvalue weighted by Crippen LogP contribution is 2.23. The van der Waals surface area contributed by atoms with Crippen molar-refractivity contribution in [1.29, 1.82) is 0 Å². The van der Waals surface area contributed by atoms with Gasteiger partial charge in [-0.15, -0.1) is 0 Å². The van der Waals surface area contributed by atoms with Crippen LogP contribution in [0.25, 0.3) is 0 Å². The lowest BCUT2D eigenvalue weighted by Gasteiger charge is -2.28. The smallest absolute Gasteiger partial charge is 0.254 e. The summed E-state index contributed by atoms with van der Waals surface area (Å²) in [5, 5.41) is 3.11. The Hall–Kier alpha value is -1.51. The SMILES string of the molecule is CNc1ccc(C(=O)N(C)C2CCCCCC2)c(C)c1. The van der Waals surface area contributed by atoms with Gasteiger partial charge >= 0.3 is 0 Å². The van der Waals surface area contributed by atoms with Crippen molar-refractivity contribution < 1.29 is 4.79 Å². The summed E-state index contributed by atoms with van der Waals surface area (Å²) in [6, 6.07) is 6.36. The Morgan fingerprint density at radius 1 is 1.20 bits per heavy atom. The molecule has 0 aliphatic heterocycles. The quantitative estimate of drug-likeness (QED) is 0.850. The summed E-state index contributed by atoms with van der Waals surface area (Å²) in [7, 11) is 3.86. The van der Waals surface area contributed by atoms with Crippen molar-refractivity contribution in [2.45, 2.75) is 51.5 Å². The molecule has 0 spiro atoms. The van der Waals surface area contributed by atoms with Crippen LogP contribution in [-0.4, -0.2) is 30.9 Å². The molecule has 0 atom stereocenters. The minimum atomic E-state index is 0.164. The summed E-state index contributed by atoms with van der Waals surface area (Å²) in [4.78, 5) is 14.6. The second kappa shape index (κ2) is 6.78. The normalized spacial score (nSPS) is 16.6. The number of carbonyl (C=O) groups excluding carboxylic acids is 1. The molecular formula is C17H26N2O. The Kier molecular flexibility index (Phi) is 5.05. The number of aryl methyl sites for hydroxylation is 1. The van der Waals surface area contributed by atoms with Gasteiger partial charge in [0.05, 0.1) is 0 Å². The van der Waals surface area contributed by atoms with Gasteiger partial charge in [0.25, 0.3) is 5.91 Å². The Bertz CT molecular complexity index is 462. The molecule has 0 saturated heterocycles. The lowest BCUT2D eigenvalue weighted by Crippen LogP contribution is -2.37. The number of amides is 1. The van der Waals surface area contributed by atoms with E-state index in [1.54, 1.807) is 0 Å². The zero-order chi connectivity index (χ0) is 14.5. The monoisotopic (exact) mass is 274 g/mol. The third kappa shape index (κ3) is 3.33. The standard InChI is InChI=1S/C17H26N2O/c1-13-12-14(18-2)10-11-16(13)17(20)19(3)15-8-6-4-5-7-9-15/h10-12,15,18H,4-9H2,1-3H3. The molecule has 3 nitrogen and oxygen atoms in total. The van der Waals surface area contributed by atoms with Gasteiger partial charge in [0, 0.05) is 31.4 Å². The fraction of sp³-hybridized carbons (Fsp3) is 0.588. The van der Waals surface area contributed by atoms with Crippen LogP contribution in [0.1, 0.15) is 54.4 Å². The van der Waals surface area contributed by atoms with Crippen molar-refractivity contribution >= 4 is 11.6 Å². The van der Waals surface area contributed by atoms with E-state index >= 15 is 0 Å². The molecule has 0 radical (unpaired) electrons. The van der Waals surface area contributed by atoms with Gasteiger partial charge in [-0.1, -0.05) is 25.7 Å². The van der Waals surface area contributed by atoms with Gasteiger partial charge in [-0.3, -0.25) is 4.79 Å². The summed E-state index contributed by atoms with van der Waals surface area (Å²) in [6.45, 7) is 2.01. The molecule has 1 fully saturated rings. The predicted octanol–water partition coefficient (Wildman–Crippen LogP) is 3.83. The van der Waals surface area contributed by atoms with E-state index in [0.29, 0.717) is 6.04 Å². The first kappa shape index (κ1) is 14.9. The van der Waals surface area contributed by atoms with Gasteiger partial charge in [0.2, 0.25) is 0 Å². The summed E-state index contributed by atoms with van der Waals surface area (Å²) < 4.78 is 0. The summed E-state index contributed by atoms with van der Waals surface area (Å²) in [5.74, 6) is 0.164. The van der Waals surface area contributed by atoms with Crippen LogP contribution >= 0.6 is 0 Å². The molecule has 1 amide bonds. The summed E-state index contributed by atoms with van der Waals surface area (Å²) in [6.07, 6.45) is 7.43. The molecule has 2 rings (SSSR count). The molecule has 1 aromatic carbocycles. The zero-order valence-electron chi connectivity index (χ0n) is 12.9. The average molecular weight is 274 g/mol. The molecule has 0 heterocycles. The molecule has 1 saturated carbocycles. The Balaban J connectivity index is 2.13. The van der Waals surface area contributed by atoms with Crippen LogP contribution in [0, 0.1) is 6.92 Å². The van der Waals surface area contributed by atoms with E-state index in [2.05, 4.69) is 5.32 Å². The first-order valence-corrected chi connectivity index (χ1v) is 7.69. The highest BCUT2D eigenvalue weighted by atomic mass is 16.2. The third-order valence-corrected chi connectivity index (χ3v) is 4.44. The average Bonchev–Trinajstić information content (AvgIpc) is 2.74. The molecule has 1 aliphatic rings. The fourth-order valence-electron chi connectivity index (χ4n) is 3.06. The van der Waals surface area contributed by atoms with Crippen molar-refractivity contribution in [3.63, 3.8) is 0 Å². The molecule has 1 aromatic rings. The molecule has 1 N–H and O–H groups in total. The topological polar surface area (TPSA) is 32.3 Å². The van der Waals surface area contributed by atoms with Crippen molar-refractivity contribution in [3.05, 3.63) is 29.3 Å². The van der Waals surface area contributed by atoms with Crippen molar-refractivity contribution in [2.24, 2.45) is 0 Å². The molecular weight excluding hydrogens is 248 g/mol. The van der Waals surface area contributed by atoms with E-state index in [-0.39, 0.29) is 5.91 Å². The number of rotatable bonds is 3. The first-order valence-electron chi connectivity index (χ1n) is 7.69. The second-order valence-electron chi connectivity index (χ2n) is 5.84. The molecule has 110 valence electrons. The highest BCUT2D eigenvalue weighted by Gasteiger charge is 2.23. The molecule has 0 bridgehead atoms. The number of nitrogens with one attached hydrogen (secondary N) is 1. The van der Waals surface area contributed by atoms with E-state index in [0.717, 1.165) is 29.7 Å². The number of hydrogen-bond acceptors (Lipinski definition) is 2. The number of hydrogen-bond donors (Lipinski definition) is 1. The number of benzene rings is 1. The van der Waals surface area contributed by atoms with Crippen LogP contribution in [0.15, 0.2) is 18.2 Å². The van der Waals surface area contributed by atoms with Crippen LogP contribution in [0.5, 0.6) is 0 Å². The molecule has 1 aliphatic carbocycles. The lowest BCUT2D eigenvalue weighted by molar-refractivity contribution is 0.0717. The van der Waals surface area contributed by atoms with Crippen molar-refractivity contribution in [3.8, 4) is 0 Å². The number of carbonyl (C=O) groups is 1. The minimum absolute atomic E-state index is 0.164. The Morgan fingerprint density at radius 2 is 1.85 bits per heavy atom. The first-order chi connectivity index (χ1) is 9.63. The molecule has 20 heavy (non-hydrogen) atoms. The number of anilines is 1. The van der Waals surface area contributed by atoms with E-state index in [1.165, 1.54) is 25.7 Å². The maximum Gasteiger partial charge on any atom is 0.254 e. The van der Waals surface area contributed by atoms with Crippen molar-refractivity contribution in [1.82, 2.24) is 4.90 Å². The van der Waals surface area contributed by atoms with Crippen LogP contribution in [0.2, 0.25) is 0 Å². The fourth-order valence-corrected chi connectivity index (χ4v) is 3.06.